The first kappa shape index (κ1) is 25.6. The zero-order valence-electron chi connectivity index (χ0n) is 23.4. The minimum atomic E-state index is -0.442. The summed E-state index contributed by atoms with van der Waals surface area (Å²) in [5.41, 5.74) is 3.59. The van der Waals surface area contributed by atoms with Crippen molar-refractivity contribution in [3.63, 3.8) is 0 Å². The fraction of sp³-hybridized carbons (Fsp3) is 0.613. The molecule has 3 aromatic rings. The lowest BCUT2D eigenvalue weighted by Gasteiger charge is -2.47. The summed E-state index contributed by atoms with van der Waals surface area (Å²) in [4.78, 5) is 21.2. The van der Waals surface area contributed by atoms with E-state index in [1.807, 2.05) is 38.1 Å². The fourth-order valence-electron chi connectivity index (χ4n) is 6.64. The molecule has 6 rings (SSSR count). The Balaban J connectivity index is 0.957. The van der Waals surface area contributed by atoms with Crippen molar-refractivity contribution in [2.24, 2.45) is 7.05 Å². The number of aryl methyl sites for hydroxylation is 1. The Morgan fingerprint density at radius 1 is 0.921 bits per heavy atom. The van der Waals surface area contributed by atoms with E-state index in [9.17, 15) is 4.79 Å². The number of nitrogens with zero attached hydrogens (tertiary/aromatic N) is 4. The Morgan fingerprint density at radius 3 is 2.37 bits per heavy atom. The number of fused-ring (bicyclic) bond motifs is 3. The molecule has 1 aliphatic carbocycles. The Kier molecular flexibility index (Phi) is 6.85. The molecule has 1 aromatic carbocycles. The van der Waals surface area contributed by atoms with Crippen molar-refractivity contribution in [3.8, 4) is 0 Å². The summed E-state index contributed by atoms with van der Waals surface area (Å²) in [6.45, 7) is 9.55. The lowest BCUT2D eigenvalue weighted by atomic mass is 9.83. The molecule has 2 aliphatic heterocycles. The molecule has 0 unspecified atom stereocenters. The molecule has 0 radical (unpaired) electrons. The first-order valence-electron chi connectivity index (χ1n) is 14.4. The summed E-state index contributed by atoms with van der Waals surface area (Å²) < 4.78 is 14.3. The van der Waals surface area contributed by atoms with Crippen molar-refractivity contribution in [1.82, 2.24) is 19.4 Å². The van der Waals surface area contributed by atoms with Crippen LogP contribution in [0, 0.1) is 0 Å². The maximum Gasteiger partial charge on any atom is 0.410 e. The molecule has 0 atom stereocenters. The third kappa shape index (κ3) is 5.15. The van der Waals surface area contributed by atoms with Crippen molar-refractivity contribution in [2.45, 2.75) is 89.1 Å². The SMILES string of the molecule is Cn1c2ccncc2c2ccc(C3CCN([C@H]4C[C@@H](OC5CCN(C(=O)OC(C)(C)C)CC5)C4)CC3)cc21. The summed E-state index contributed by atoms with van der Waals surface area (Å²) in [5, 5.41) is 2.54. The van der Waals surface area contributed by atoms with E-state index in [2.05, 4.69) is 45.8 Å². The van der Waals surface area contributed by atoms with E-state index in [1.54, 1.807) is 0 Å². The van der Waals surface area contributed by atoms with Crippen molar-refractivity contribution < 1.29 is 14.3 Å². The molecule has 3 fully saturated rings. The van der Waals surface area contributed by atoms with Crippen LogP contribution in [0.1, 0.15) is 70.8 Å². The number of hydrogen-bond donors (Lipinski definition) is 0. The van der Waals surface area contributed by atoms with Gasteiger partial charge in [-0.3, -0.25) is 4.98 Å². The van der Waals surface area contributed by atoms with Crippen LogP contribution in [0.2, 0.25) is 0 Å². The van der Waals surface area contributed by atoms with Gasteiger partial charge >= 0.3 is 6.09 Å². The smallest absolute Gasteiger partial charge is 0.410 e. The van der Waals surface area contributed by atoms with Gasteiger partial charge in [0.15, 0.2) is 0 Å². The summed E-state index contributed by atoms with van der Waals surface area (Å²) in [6.07, 6.45) is 10.9. The highest BCUT2D eigenvalue weighted by Crippen LogP contribution is 2.37. The van der Waals surface area contributed by atoms with Gasteiger partial charge in [0.05, 0.1) is 17.7 Å². The van der Waals surface area contributed by atoms with Gasteiger partial charge in [0, 0.05) is 54.9 Å². The minimum Gasteiger partial charge on any atom is -0.444 e. The molecule has 204 valence electrons. The Labute approximate surface area is 226 Å². The van der Waals surface area contributed by atoms with Gasteiger partial charge < -0.3 is 23.8 Å². The number of pyridine rings is 1. The maximum absolute atomic E-state index is 12.3. The van der Waals surface area contributed by atoms with Crippen LogP contribution < -0.4 is 0 Å². The predicted octanol–water partition coefficient (Wildman–Crippen LogP) is 5.85. The second-order valence-electron chi connectivity index (χ2n) is 12.6. The van der Waals surface area contributed by atoms with Crippen molar-refractivity contribution in [3.05, 3.63) is 42.2 Å². The van der Waals surface area contributed by atoms with Crippen LogP contribution in [0.3, 0.4) is 0 Å². The average molecular weight is 519 g/mol. The van der Waals surface area contributed by atoms with E-state index in [0.29, 0.717) is 18.1 Å². The second kappa shape index (κ2) is 10.2. The third-order valence-electron chi connectivity index (χ3n) is 8.90. The van der Waals surface area contributed by atoms with Crippen LogP contribution in [0.5, 0.6) is 0 Å². The summed E-state index contributed by atoms with van der Waals surface area (Å²) >= 11 is 0. The molecule has 0 N–H and O–H groups in total. The van der Waals surface area contributed by atoms with Crippen LogP contribution in [-0.2, 0) is 16.5 Å². The number of rotatable bonds is 4. The van der Waals surface area contributed by atoms with Gasteiger partial charge in [-0.25, -0.2) is 4.79 Å². The predicted molar refractivity (Wildman–Crippen MR) is 150 cm³/mol. The van der Waals surface area contributed by atoms with E-state index >= 15 is 0 Å². The molecule has 3 aliphatic rings. The molecule has 1 saturated carbocycles. The fourth-order valence-corrected chi connectivity index (χ4v) is 6.64. The topological polar surface area (TPSA) is 59.8 Å². The molecule has 2 aromatic heterocycles. The monoisotopic (exact) mass is 518 g/mol. The zero-order valence-corrected chi connectivity index (χ0v) is 23.4. The van der Waals surface area contributed by atoms with Gasteiger partial charge in [-0.15, -0.1) is 0 Å². The van der Waals surface area contributed by atoms with Crippen molar-refractivity contribution in [2.75, 3.05) is 26.2 Å². The van der Waals surface area contributed by atoms with Gasteiger partial charge in [0.1, 0.15) is 5.60 Å². The van der Waals surface area contributed by atoms with Crippen LogP contribution in [0.4, 0.5) is 4.79 Å². The highest BCUT2D eigenvalue weighted by Gasteiger charge is 2.38. The molecule has 1 amide bonds. The van der Waals surface area contributed by atoms with E-state index in [1.165, 1.54) is 53.3 Å². The third-order valence-corrected chi connectivity index (χ3v) is 8.90. The normalized spacial score (nSPS) is 24.2. The Morgan fingerprint density at radius 2 is 1.66 bits per heavy atom. The van der Waals surface area contributed by atoms with Gasteiger partial charge in [0.2, 0.25) is 0 Å². The molecule has 7 heteroatoms. The van der Waals surface area contributed by atoms with Crippen LogP contribution in [0.25, 0.3) is 21.8 Å². The highest BCUT2D eigenvalue weighted by molar-refractivity contribution is 6.07. The van der Waals surface area contributed by atoms with Gasteiger partial charge in [0.25, 0.3) is 0 Å². The first-order valence-corrected chi connectivity index (χ1v) is 14.4. The van der Waals surface area contributed by atoms with Crippen molar-refractivity contribution in [1.29, 1.82) is 0 Å². The Hall–Kier alpha value is -2.64. The number of piperidine rings is 2. The number of ether oxygens (including phenoxy) is 2. The molecule has 0 spiro atoms. The van der Waals surface area contributed by atoms with Crippen LogP contribution in [0.15, 0.2) is 36.7 Å². The molecule has 38 heavy (non-hydrogen) atoms. The average Bonchev–Trinajstić information content (AvgIpc) is 3.17. The standard InChI is InChI=1S/C31H42N4O3/c1-31(2,3)38-30(36)35-15-10-24(11-16-35)37-25-18-23(19-25)34-13-8-21(9-14-34)22-5-6-26-27-20-32-12-7-28(27)33(4)29(26)17-22/h5-7,12,17,20-21,23-25H,8-11,13-16,18-19H2,1-4H3/t23-,25+. The van der Waals surface area contributed by atoms with Crippen LogP contribution in [-0.4, -0.2) is 75.5 Å². The first-order chi connectivity index (χ1) is 18.2. The number of carbonyl (C=O) groups is 1. The summed E-state index contributed by atoms with van der Waals surface area (Å²) in [7, 11) is 2.16. The van der Waals surface area contributed by atoms with E-state index in [-0.39, 0.29) is 12.2 Å². The molecular weight excluding hydrogens is 476 g/mol. The molecule has 7 nitrogen and oxygen atoms in total. The second-order valence-corrected chi connectivity index (χ2v) is 12.6. The molecule has 4 heterocycles. The largest absolute Gasteiger partial charge is 0.444 e. The van der Waals surface area contributed by atoms with Gasteiger partial charge in [-0.1, -0.05) is 12.1 Å². The molecule has 2 saturated heterocycles. The number of carbonyl (C=O) groups excluding carboxylic acids is 1. The van der Waals surface area contributed by atoms with Crippen molar-refractivity contribution >= 4 is 27.9 Å². The lowest BCUT2D eigenvalue weighted by molar-refractivity contribution is -0.105. The number of hydrogen-bond acceptors (Lipinski definition) is 5. The maximum atomic E-state index is 12.3. The molecule has 0 bridgehead atoms. The van der Waals surface area contributed by atoms with Gasteiger partial charge in [-0.05, 0) is 96.0 Å². The van der Waals surface area contributed by atoms with Crippen LogP contribution >= 0.6 is 0 Å². The number of amides is 1. The molecular formula is C31H42N4O3. The number of aromatic nitrogens is 2. The van der Waals surface area contributed by atoms with E-state index in [4.69, 9.17) is 9.47 Å². The number of benzene rings is 1. The lowest BCUT2D eigenvalue weighted by Crippen LogP contribution is -2.52. The summed E-state index contributed by atoms with van der Waals surface area (Å²) in [6, 6.07) is 9.83. The van der Waals surface area contributed by atoms with E-state index < -0.39 is 5.60 Å². The van der Waals surface area contributed by atoms with E-state index in [0.717, 1.165) is 38.8 Å². The quantitative estimate of drug-likeness (QED) is 0.433. The Bertz CT molecular complexity index is 1290. The summed E-state index contributed by atoms with van der Waals surface area (Å²) in [5.74, 6) is 0.633. The minimum absolute atomic E-state index is 0.197. The van der Waals surface area contributed by atoms with Gasteiger partial charge in [-0.2, -0.15) is 0 Å². The number of likely N-dealkylation sites (tertiary alicyclic amines) is 2. The zero-order chi connectivity index (χ0) is 26.4. The highest BCUT2D eigenvalue weighted by atomic mass is 16.6.